The molecule has 0 aromatic carbocycles. The summed E-state index contributed by atoms with van der Waals surface area (Å²) in [5.74, 6) is 0. The van der Waals surface area contributed by atoms with Gasteiger partial charge in [-0.2, -0.15) is 0 Å². The van der Waals surface area contributed by atoms with E-state index >= 15 is 0 Å². The summed E-state index contributed by atoms with van der Waals surface area (Å²) in [4.78, 5) is 0. The van der Waals surface area contributed by atoms with Crippen LogP contribution in [-0.4, -0.2) is 16.7 Å². The molecule has 2 aromatic heterocycles. The van der Waals surface area contributed by atoms with Gasteiger partial charge in [0.15, 0.2) is 9.68 Å². The first-order chi connectivity index (χ1) is 8.26. The largest absolute Gasteiger partial charge is 0.457 e. The Balaban J connectivity index is 2.24. The summed E-state index contributed by atoms with van der Waals surface area (Å²) in [7, 11) is 0. The van der Waals surface area contributed by atoms with Crippen molar-refractivity contribution in [3.05, 3.63) is 22.0 Å². The van der Waals surface area contributed by atoms with Crippen molar-refractivity contribution < 1.29 is 4.42 Å². The summed E-state index contributed by atoms with van der Waals surface area (Å²) in [6, 6.07) is 2.18. The Kier molecular flexibility index (Phi) is 4.31. The van der Waals surface area contributed by atoms with Gasteiger partial charge < -0.3 is 9.73 Å². The zero-order valence-electron chi connectivity index (χ0n) is 9.74. The van der Waals surface area contributed by atoms with E-state index in [1.165, 1.54) is 0 Å². The lowest BCUT2D eigenvalue weighted by atomic mass is 10.2. The van der Waals surface area contributed by atoms with Crippen molar-refractivity contribution in [1.82, 2.24) is 15.5 Å². The zero-order valence-corrected chi connectivity index (χ0v) is 12.1. The van der Waals surface area contributed by atoms with Gasteiger partial charge in [0.25, 0.3) is 0 Å². The molecule has 1 N–H and O–H groups in total. The summed E-state index contributed by atoms with van der Waals surface area (Å²) >= 11 is 4.96. The van der Waals surface area contributed by atoms with Crippen molar-refractivity contribution in [2.45, 2.75) is 26.3 Å². The second kappa shape index (κ2) is 5.75. The molecule has 0 amide bonds. The quantitative estimate of drug-likeness (QED) is 0.915. The van der Waals surface area contributed by atoms with Gasteiger partial charge in [0, 0.05) is 0 Å². The molecule has 2 rings (SSSR count). The van der Waals surface area contributed by atoms with Gasteiger partial charge in [0.05, 0.1) is 17.9 Å². The first kappa shape index (κ1) is 12.7. The molecular weight excluding hydrogens is 302 g/mol. The second-order valence-electron chi connectivity index (χ2n) is 3.57. The Bertz CT molecular complexity index is 483. The normalized spacial score (nSPS) is 12.9. The van der Waals surface area contributed by atoms with Crippen LogP contribution in [-0.2, 0) is 0 Å². The number of hydrogen-bond acceptors (Lipinski definition) is 5. The van der Waals surface area contributed by atoms with Crippen LogP contribution in [0.4, 0.5) is 0 Å². The predicted octanol–water partition coefficient (Wildman–Crippen LogP) is 3.62. The minimum Gasteiger partial charge on any atom is -0.457 e. The Hall–Kier alpha value is -0.720. The predicted molar refractivity (Wildman–Crippen MR) is 72.0 cm³/mol. The molecule has 0 radical (unpaired) electrons. The van der Waals surface area contributed by atoms with Crippen LogP contribution in [0, 0.1) is 0 Å². The topological polar surface area (TPSA) is 51.0 Å². The van der Waals surface area contributed by atoms with Crippen molar-refractivity contribution in [1.29, 1.82) is 0 Å². The lowest BCUT2D eigenvalue weighted by Crippen LogP contribution is -2.19. The highest BCUT2D eigenvalue weighted by atomic mass is 79.9. The summed E-state index contributed by atoms with van der Waals surface area (Å²) in [6.45, 7) is 5.17. The molecule has 2 aromatic rings. The van der Waals surface area contributed by atoms with Gasteiger partial charge in [-0.05, 0) is 35.0 Å². The Morgan fingerprint density at radius 2 is 2.29 bits per heavy atom. The van der Waals surface area contributed by atoms with Gasteiger partial charge >= 0.3 is 0 Å². The SMILES string of the molecule is CCNC(CC)c1nnc(-c2ccoc2Br)s1. The van der Waals surface area contributed by atoms with Crippen LogP contribution in [0.3, 0.4) is 0 Å². The number of nitrogens with one attached hydrogen (secondary N) is 1. The fourth-order valence-corrected chi connectivity index (χ4v) is 3.17. The Morgan fingerprint density at radius 3 is 2.88 bits per heavy atom. The Morgan fingerprint density at radius 1 is 1.47 bits per heavy atom. The number of aromatic nitrogens is 2. The van der Waals surface area contributed by atoms with Gasteiger partial charge in [-0.15, -0.1) is 10.2 Å². The maximum atomic E-state index is 5.20. The van der Waals surface area contributed by atoms with Crippen LogP contribution in [0.2, 0.25) is 0 Å². The first-order valence-corrected chi connectivity index (χ1v) is 7.17. The highest BCUT2D eigenvalue weighted by Gasteiger charge is 2.16. The summed E-state index contributed by atoms with van der Waals surface area (Å²) in [5.41, 5.74) is 0.958. The fraction of sp³-hybridized carbons (Fsp3) is 0.455. The lowest BCUT2D eigenvalue weighted by molar-refractivity contribution is 0.531. The molecule has 0 aliphatic heterocycles. The van der Waals surface area contributed by atoms with Crippen LogP contribution in [0.5, 0.6) is 0 Å². The molecule has 0 aliphatic rings. The van der Waals surface area contributed by atoms with E-state index < -0.39 is 0 Å². The molecule has 92 valence electrons. The van der Waals surface area contributed by atoms with E-state index in [1.807, 2.05) is 6.07 Å². The molecule has 0 saturated heterocycles. The Labute approximate surface area is 113 Å². The summed E-state index contributed by atoms with van der Waals surface area (Å²) in [6.07, 6.45) is 2.65. The molecule has 0 bridgehead atoms. The van der Waals surface area contributed by atoms with E-state index in [2.05, 4.69) is 45.3 Å². The fourth-order valence-electron chi connectivity index (χ4n) is 1.58. The minimum absolute atomic E-state index is 0.289. The van der Waals surface area contributed by atoms with Crippen LogP contribution >= 0.6 is 27.3 Å². The molecule has 0 aliphatic carbocycles. The molecule has 4 nitrogen and oxygen atoms in total. The third kappa shape index (κ3) is 2.75. The molecule has 0 saturated carbocycles. The molecule has 6 heteroatoms. The van der Waals surface area contributed by atoms with Gasteiger partial charge in [0.1, 0.15) is 5.01 Å². The average molecular weight is 316 g/mol. The highest BCUT2D eigenvalue weighted by molar-refractivity contribution is 9.10. The van der Waals surface area contributed by atoms with Crippen molar-refractivity contribution in [3.63, 3.8) is 0 Å². The molecule has 1 atom stereocenters. The first-order valence-electron chi connectivity index (χ1n) is 5.56. The standard InChI is InChI=1S/C11H14BrN3OS/c1-3-8(13-4-2)11-15-14-10(17-11)7-5-6-16-9(7)12/h5-6,8,13H,3-4H2,1-2H3. The molecular formula is C11H14BrN3OS. The van der Waals surface area contributed by atoms with Gasteiger partial charge in [-0.25, -0.2) is 0 Å². The number of hydrogen-bond donors (Lipinski definition) is 1. The van der Waals surface area contributed by atoms with Crippen LogP contribution in [0.15, 0.2) is 21.4 Å². The molecule has 0 fully saturated rings. The van der Waals surface area contributed by atoms with Crippen LogP contribution in [0.1, 0.15) is 31.3 Å². The van der Waals surface area contributed by atoms with E-state index in [9.17, 15) is 0 Å². The smallest absolute Gasteiger partial charge is 0.179 e. The number of nitrogens with zero attached hydrogens (tertiary/aromatic N) is 2. The van der Waals surface area contributed by atoms with Crippen molar-refractivity contribution in [3.8, 4) is 10.6 Å². The lowest BCUT2D eigenvalue weighted by Gasteiger charge is -2.10. The van der Waals surface area contributed by atoms with Crippen molar-refractivity contribution in [2.24, 2.45) is 0 Å². The molecule has 17 heavy (non-hydrogen) atoms. The molecule has 1 unspecified atom stereocenters. The van der Waals surface area contributed by atoms with Crippen molar-refractivity contribution in [2.75, 3.05) is 6.54 Å². The van der Waals surface area contributed by atoms with E-state index in [-0.39, 0.29) is 6.04 Å². The third-order valence-corrected chi connectivity index (χ3v) is 4.13. The summed E-state index contributed by atoms with van der Waals surface area (Å²) < 4.78 is 5.91. The van der Waals surface area contributed by atoms with Gasteiger partial charge in [-0.1, -0.05) is 25.2 Å². The van der Waals surface area contributed by atoms with Gasteiger partial charge in [-0.3, -0.25) is 0 Å². The van der Waals surface area contributed by atoms with E-state index in [4.69, 9.17) is 4.42 Å². The van der Waals surface area contributed by atoms with E-state index in [0.29, 0.717) is 4.67 Å². The second-order valence-corrected chi connectivity index (χ2v) is 5.30. The van der Waals surface area contributed by atoms with E-state index in [0.717, 1.165) is 28.5 Å². The van der Waals surface area contributed by atoms with Crippen LogP contribution < -0.4 is 5.32 Å². The number of furan rings is 1. The van der Waals surface area contributed by atoms with Gasteiger partial charge in [0.2, 0.25) is 0 Å². The monoisotopic (exact) mass is 315 g/mol. The number of halogens is 1. The minimum atomic E-state index is 0.289. The molecule has 2 heterocycles. The van der Waals surface area contributed by atoms with E-state index in [1.54, 1.807) is 17.6 Å². The highest BCUT2D eigenvalue weighted by Crippen LogP contribution is 2.33. The maximum Gasteiger partial charge on any atom is 0.179 e. The average Bonchev–Trinajstić information content (AvgIpc) is 2.94. The van der Waals surface area contributed by atoms with Crippen molar-refractivity contribution >= 4 is 27.3 Å². The third-order valence-electron chi connectivity index (χ3n) is 2.45. The van der Waals surface area contributed by atoms with Crippen LogP contribution in [0.25, 0.3) is 10.6 Å². The summed E-state index contributed by atoms with van der Waals surface area (Å²) in [5, 5.41) is 13.8. The maximum absolute atomic E-state index is 5.20. The number of rotatable bonds is 5. The molecule has 0 spiro atoms. The zero-order chi connectivity index (χ0) is 12.3.